The summed E-state index contributed by atoms with van der Waals surface area (Å²) in [5.41, 5.74) is 0.317. The summed E-state index contributed by atoms with van der Waals surface area (Å²) in [7, 11) is -3.87. The van der Waals surface area contributed by atoms with E-state index < -0.39 is 10.0 Å². The van der Waals surface area contributed by atoms with Gasteiger partial charge in [-0.15, -0.1) is 10.2 Å². The Balaban J connectivity index is 2.18. The van der Waals surface area contributed by atoms with Crippen LogP contribution in [0.2, 0.25) is 5.02 Å². The third-order valence-corrected chi connectivity index (χ3v) is 5.10. The first-order valence-electron chi connectivity index (χ1n) is 5.82. The molecule has 0 aliphatic heterocycles. The maximum absolute atomic E-state index is 12.1. The molecule has 0 unspecified atom stereocenters. The van der Waals surface area contributed by atoms with Crippen LogP contribution in [0.4, 0.5) is 10.8 Å². The van der Waals surface area contributed by atoms with E-state index in [1.54, 1.807) is 25.1 Å². The highest BCUT2D eigenvalue weighted by Crippen LogP contribution is 2.23. The molecular weight excluding hydrogens is 336 g/mol. The number of anilines is 2. The molecule has 1 heterocycles. The van der Waals surface area contributed by atoms with Crippen LogP contribution in [0, 0.1) is 0 Å². The van der Waals surface area contributed by atoms with Gasteiger partial charge in [0, 0.05) is 11.4 Å². The minimum atomic E-state index is -3.87. The molecule has 1 amide bonds. The number of aromatic nitrogens is 2. The van der Waals surface area contributed by atoms with E-state index in [9.17, 15) is 13.2 Å². The molecule has 1 aromatic carbocycles. The summed E-state index contributed by atoms with van der Waals surface area (Å²) in [4.78, 5) is 11.2. The van der Waals surface area contributed by atoms with Crippen LogP contribution >= 0.6 is 22.9 Å². The van der Waals surface area contributed by atoms with Crippen LogP contribution in [0.25, 0.3) is 0 Å². The molecule has 2 aromatic rings. The number of amides is 1. The second-order valence-corrected chi connectivity index (χ2v) is 7.16. The number of benzene rings is 1. The van der Waals surface area contributed by atoms with Gasteiger partial charge in [-0.25, -0.2) is 0 Å². The van der Waals surface area contributed by atoms with Gasteiger partial charge in [0.2, 0.25) is 11.0 Å². The second kappa shape index (κ2) is 6.37. The van der Waals surface area contributed by atoms with Gasteiger partial charge in [-0.3, -0.25) is 9.52 Å². The third kappa shape index (κ3) is 4.13. The molecule has 10 heteroatoms. The van der Waals surface area contributed by atoms with E-state index in [-0.39, 0.29) is 21.8 Å². The van der Waals surface area contributed by atoms with Gasteiger partial charge < -0.3 is 5.32 Å². The Morgan fingerprint density at radius 3 is 2.81 bits per heavy atom. The van der Waals surface area contributed by atoms with Gasteiger partial charge in [0.15, 0.2) is 0 Å². The van der Waals surface area contributed by atoms with Crippen molar-refractivity contribution < 1.29 is 13.2 Å². The molecule has 0 aliphatic rings. The van der Waals surface area contributed by atoms with Crippen molar-refractivity contribution in [2.24, 2.45) is 0 Å². The van der Waals surface area contributed by atoms with Crippen molar-refractivity contribution in [1.29, 1.82) is 0 Å². The van der Waals surface area contributed by atoms with Gasteiger partial charge in [0.05, 0.1) is 5.69 Å². The van der Waals surface area contributed by atoms with Crippen LogP contribution in [-0.2, 0) is 14.8 Å². The standard InChI is InChI=1S/C11H11ClN4O3S2/c1-2-9(17)13-10-14-15-11(20-10)21(18,19)16-8-5-3-4-7(12)6-8/h3-6,16H,2H2,1H3,(H,13,14,17). The van der Waals surface area contributed by atoms with Crippen LogP contribution in [0.15, 0.2) is 28.6 Å². The molecule has 1 aromatic heterocycles. The lowest BCUT2D eigenvalue weighted by molar-refractivity contribution is -0.115. The lowest BCUT2D eigenvalue weighted by Gasteiger charge is -2.04. The van der Waals surface area contributed by atoms with Gasteiger partial charge in [-0.05, 0) is 18.2 Å². The van der Waals surface area contributed by atoms with Crippen LogP contribution < -0.4 is 10.0 Å². The fraction of sp³-hybridized carbons (Fsp3) is 0.182. The van der Waals surface area contributed by atoms with Crippen molar-refractivity contribution in [1.82, 2.24) is 10.2 Å². The second-order valence-electron chi connectivity index (χ2n) is 3.89. The van der Waals surface area contributed by atoms with Crippen LogP contribution in [-0.4, -0.2) is 24.5 Å². The smallest absolute Gasteiger partial charge is 0.291 e. The molecule has 0 fully saturated rings. The number of rotatable bonds is 5. The van der Waals surface area contributed by atoms with Gasteiger partial charge in [0.25, 0.3) is 14.4 Å². The topological polar surface area (TPSA) is 101 Å². The lowest BCUT2D eigenvalue weighted by Crippen LogP contribution is -2.12. The molecule has 0 atom stereocenters. The van der Waals surface area contributed by atoms with Gasteiger partial charge >= 0.3 is 0 Å². The zero-order valence-electron chi connectivity index (χ0n) is 10.8. The summed E-state index contributed by atoms with van der Waals surface area (Å²) in [5.74, 6) is -0.266. The van der Waals surface area contributed by atoms with E-state index in [1.807, 2.05) is 0 Å². The maximum Gasteiger partial charge on any atom is 0.291 e. The Morgan fingerprint density at radius 1 is 1.38 bits per heavy atom. The fourth-order valence-corrected chi connectivity index (χ4v) is 3.48. The number of carbonyl (C=O) groups is 1. The molecule has 0 radical (unpaired) electrons. The average Bonchev–Trinajstić information content (AvgIpc) is 2.87. The van der Waals surface area contributed by atoms with Crippen molar-refractivity contribution in [3.63, 3.8) is 0 Å². The van der Waals surface area contributed by atoms with Crippen molar-refractivity contribution in [3.05, 3.63) is 29.3 Å². The van der Waals surface area contributed by atoms with E-state index >= 15 is 0 Å². The Labute approximate surface area is 130 Å². The molecular formula is C11H11ClN4O3S2. The number of hydrogen-bond donors (Lipinski definition) is 2. The molecule has 0 bridgehead atoms. The molecule has 0 aliphatic carbocycles. The van der Waals surface area contributed by atoms with Crippen LogP contribution in [0.5, 0.6) is 0 Å². The molecule has 112 valence electrons. The quantitative estimate of drug-likeness (QED) is 0.809. The predicted octanol–water partition coefficient (Wildman–Crippen LogP) is 2.34. The highest BCUT2D eigenvalue weighted by Gasteiger charge is 2.21. The van der Waals surface area contributed by atoms with Gasteiger partial charge in [-0.2, -0.15) is 8.42 Å². The summed E-state index contributed by atoms with van der Waals surface area (Å²) in [6, 6.07) is 6.28. The summed E-state index contributed by atoms with van der Waals surface area (Å²) < 4.78 is 26.3. The zero-order chi connectivity index (χ0) is 15.5. The van der Waals surface area contributed by atoms with Crippen molar-refractivity contribution in [2.75, 3.05) is 10.0 Å². The zero-order valence-corrected chi connectivity index (χ0v) is 13.2. The Hall–Kier alpha value is -1.71. The Bertz CT molecular complexity index is 760. The van der Waals surface area contributed by atoms with Crippen LogP contribution in [0.3, 0.4) is 0 Å². The number of nitrogens with zero attached hydrogens (tertiary/aromatic N) is 2. The van der Waals surface area contributed by atoms with E-state index in [0.29, 0.717) is 10.7 Å². The lowest BCUT2D eigenvalue weighted by atomic mass is 10.3. The minimum absolute atomic E-state index is 0.133. The SMILES string of the molecule is CCC(=O)Nc1nnc(S(=O)(=O)Nc2cccc(Cl)c2)s1. The average molecular weight is 347 g/mol. The summed E-state index contributed by atoms with van der Waals surface area (Å²) in [5, 5.41) is 10.2. The first-order chi connectivity index (χ1) is 9.90. The maximum atomic E-state index is 12.1. The van der Waals surface area contributed by atoms with E-state index in [0.717, 1.165) is 11.3 Å². The minimum Gasteiger partial charge on any atom is -0.301 e. The number of hydrogen-bond acceptors (Lipinski definition) is 6. The van der Waals surface area contributed by atoms with Gasteiger partial charge in [-0.1, -0.05) is 35.9 Å². The molecule has 0 saturated carbocycles. The van der Waals surface area contributed by atoms with E-state index in [2.05, 4.69) is 20.2 Å². The number of halogens is 1. The van der Waals surface area contributed by atoms with Crippen molar-refractivity contribution in [3.8, 4) is 0 Å². The van der Waals surface area contributed by atoms with E-state index in [1.165, 1.54) is 6.07 Å². The normalized spacial score (nSPS) is 11.1. The third-order valence-electron chi connectivity index (χ3n) is 2.28. The summed E-state index contributed by atoms with van der Waals surface area (Å²) in [6.45, 7) is 1.68. The largest absolute Gasteiger partial charge is 0.301 e. The molecule has 2 N–H and O–H groups in total. The highest BCUT2D eigenvalue weighted by molar-refractivity contribution is 7.94. The molecule has 0 spiro atoms. The Morgan fingerprint density at radius 2 is 2.14 bits per heavy atom. The van der Waals surface area contributed by atoms with Gasteiger partial charge in [0.1, 0.15) is 0 Å². The highest BCUT2D eigenvalue weighted by atomic mass is 35.5. The molecule has 7 nitrogen and oxygen atoms in total. The van der Waals surface area contributed by atoms with E-state index in [4.69, 9.17) is 11.6 Å². The van der Waals surface area contributed by atoms with Crippen molar-refractivity contribution in [2.45, 2.75) is 17.7 Å². The summed E-state index contributed by atoms with van der Waals surface area (Å²) >= 11 is 6.56. The molecule has 21 heavy (non-hydrogen) atoms. The first-order valence-corrected chi connectivity index (χ1v) is 8.50. The fourth-order valence-electron chi connectivity index (χ4n) is 1.33. The summed E-state index contributed by atoms with van der Waals surface area (Å²) in [6.07, 6.45) is 0.266. The molecule has 2 rings (SSSR count). The molecule has 0 saturated heterocycles. The predicted molar refractivity (Wildman–Crippen MR) is 81.1 cm³/mol. The first kappa shape index (κ1) is 15.7. The van der Waals surface area contributed by atoms with Crippen LogP contribution in [0.1, 0.15) is 13.3 Å². The van der Waals surface area contributed by atoms with Crippen molar-refractivity contribution >= 4 is 49.7 Å². The monoisotopic (exact) mass is 346 g/mol. The number of nitrogens with one attached hydrogen (secondary N) is 2. The Kier molecular flexibility index (Phi) is 4.76. The number of sulfonamides is 1. The number of carbonyl (C=O) groups excluding carboxylic acids is 1.